The molecule has 0 saturated carbocycles. The van der Waals surface area contributed by atoms with Gasteiger partial charge in [0.25, 0.3) is 0 Å². The molecule has 2 N–H and O–H groups in total. The van der Waals surface area contributed by atoms with E-state index in [9.17, 15) is 0 Å². The summed E-state index contributed by atoms with van der Waals surface area (Å²) in [7, 11) is 1.67. The van der Waals surface area contributed by atoms with Gasteiger partial charge < -0.3 is 10.5 Å². The Kier molecular flexibility index (Phi) is 5.23. The maximum Gasteiger partial charge on any atom is 0.120 e. The van der Waals surface area contributed by atoms with E-state index < -0.39 is 0 Å². The Morgan fingerprint density at radius 2 is 1.94 bits per heavy atom. The first kappa shape index (κ1) is 15.5. The van der Waals surface area contributed by atoms with Crippen LogP contribution < -0.4 is 10.5 Å². The van der Waals surface area contributed by atoms with Crippen LogP contribution in [-0.2, 0) is 0 Å². The van der Waals surface area contributed by atoms with Crippen LogP contribution in [0.2, 0.25) is 0 Å². The Bertz CT molecular complexity index is 398. The lowest BCUT2D eigenvalue weighted by molar-refractivity contribution is 0.233. The largest absolute Gasteiger partial charge is 0.497 e. The first-order valence-corrected chi connectivity index (χ1v) is 7.14. The van der Waals surface area contributed by atoms with Crippen LogP contribution in [0.25, 0.3) is 0 Å². The highest BCUT2D eigenvalue weighted by atomic mass is 79.9. The number of hydrogen-bond acceptors (Lipinski definition) is 2. The highest BCUT2D eigenvalue weighted by Crippen LogP contribution is 2.35. The van der Waals surface area contributed by atoms with E-state index in [4.69, 9.17) is 10.5 Å². The van der Waals surface area contributed by atoms with Crippen molar-refractivity contribution in [2.45, 2.75) is 40.2 Å². The van der Waals surface area contributed by atoms with Crippen molar-refractivity contribution in [1.82, 2.24) is 0 Å². The van der Waals surface area contributed by atoms with Crippen LogP contribution in [0.4, 0.5) is 0 Å². The molecule has 0 amide bonds. The van der Waals surface area contributed by atoms with Crippen molar-refractivity contribution in [3.63, 3.8) is 0 Å². The van der Waals surface area contributed by atoms with Gasteiger partial charge in [-0.1, -0.05) is 49.7 Å². The van der Waals surface area contributed by atoms with Gasteiger partial charge in [-0.25, -0.2) is 0 Å². The molecule has 1 rings (SSSR count). The van der Waals surface area contributed by atoms with Crippen molar-refractivity contribution < 1.29 is 4.74 Å². The molecule has 2 unspecified atom stereocenters. The van der Waals surface area contributed by atoms with Crippen molar-refractivity contribution in [3.8, 4) is 5.75 Å². The number of rotatable bonds is 4. The minimum Gasteiger partial charge on any atom is -0.497 e. The Morgan fingerprint density at radius 1 is 1.33 bits per heavy atom. The van der Waals surface area contributed by atoms with E-state index in [-0.39, 0.29) is 11.5 Å². The number of benzene rings is 1. The van der Waals surface area contributed by atoms with Gasteiger partial charge in [-0.3, -0.25) is 0 Å². The third-order valence-corrected chi connectivity index (χ3v) is 4.38. The van der Waals surface area contributed by atoms with Crippen LogP contribution in [0.3, 0.4) is 0 Å². The SMILES string of the molecule is COc1ccc(C(N)CC(C)C(C)(C)C)c(Br)c1. The number of nitrogens with two attached hydrogens (primary N) is 1. The summed E-state index contributed by atoms with van der Waals surface area (Å²) >= 11 is 3.57. The molecule has 0 heterocycles. The quantitative estimate of drug-likeness (QED) is 0.886. The fourth-order valence-corrected chi connectivity index (χ4v) is 2.45. The van der Waals surface area contributed by atoms with Gasteiger partial charge in [0.2, 0.25) is 0 Å². The molecule has 0 bridgehead atoms. The second-order valence-corrected chi connectivity index (χ2v) is 6.85. The van der Waals surface area contributed by atoms with Gasteiger partial charge in [0.1, 0.15) is 5.75 Å². The Morgan fingerprint density at radius 3 is 2.39 bits per heavy atom. The Hall–Kier alpha value is -0.540. The normalized spacial score (nSPS) is 15.3. The monoisotopic (exact) mass is 313 g/mol. The molecule has 0 fully saturated rings. The maximum atomic E-state index is 6.31. The lowest BCUT2D eigenvalue weighted by Crippen LogP contribution is -2.23. The van der Waals surface area contributed by atoms with E-state index in [1.165, 1.54) is 0 Å². The summed E-state index contributed by atoms with van der Waals surface area (Å²) in [5, 5.41) is 0. The van der Waals surface area contributed by atoms with Gasteiger partial charge >= 0.3 is 0 Å². The fraction of sp³-hybridized carbons (Fsp3) is 0.600. The average Bonchev–Trinajstić information content (AvgIpc) is 2.27. The molecule has 0 aliphatic rings. The molecule has 0 spiro atoms. The third-order valence-electron chi connectivity index (χ3n) is 3.69. The minimum absolute atomic E-state index is 0.0551. The first-order chi connectivity index (χ1) is 8.25. The molecule has 0 aliphatic heterocycles. The van der Waals surface area contributed by atoms with Gasteiger partial charge in [0.15, 0.2) is 0 Å². The molecule has 0 aliphatic carbocycles. The number of halogens is 1. The molecular formula is C15H24BrNO. The van der Waals surface area contributed by atoms with E-state index in [2.05, 4.69) is 43.6 Å². The predicted molar refractivity (Wildman–Crippen MR) is 80.9 cm³/mol. The van der Waals surface area contributed by atoms with Crippen molar-refractivity contribution in [1.29, 1.82) is 0 Å². The molecule has 1 aromatic carbocycles. The van der Waals surface area contributed by atoms with Crippen LogP contribution in [-0.4, -0.2) is 7.11 Å². The molecule has 1 aromatic rings. The molecule has 0 radical (unpaired) electrons. The lowest BCUT2D eigenvalue weighted by atomic mass is 9.78. The number of hydrogen-bond donors (Lipinski definition) is 1. The van der Waals surface area contributed by atoms with E-state index >= 15 is 0 Å². The van der Waals surface area contributed by atoms with Gasteiger partial charge in [-0.2, -0.15) is 0 Å². The third kappa shape index (κ3) is 3.99. The summed E-state index contributed by atoms with van der Waals surface area (Å²) in [4.78, 5) is 0. The highest BCUT2D eigenvalue weighted by Gasteiger charge is 2.23. The zero-order chi connectivity index (χ0) is 13.9. The van der Waals surface area contributed by atoms with E-state index in [1.54, 1.807) is 7.11 Å². The van der Waals surface area contributed by atoms with E-state index in [0.29, 0.717) is 5.92 Å². The second-order valence-electron chi connectivity index (χ2n) is 6.00. The maximum absolute atomic E-state index is 6.31. The van der Waals surface area contributed by atoms with Crippen LogP contribution in [0.5, 0.6) is 5.75 Å². The summed E-state index contributed by atoms with van der Waals surface area (Å²) in [6.45, 7) is 9.03. The minimum atomic E-state index is 0.0551. The molecule has 0 saturated heterocycles. The fourth-order valence-electron chi connectivity index (χ4n) is 1.80. The lowest BCUT2D eigenvalue weighted by Gasteiger charge is -2.30. The highest BCUT2D eigenvalue weighted by molar-refractivity contribution is 9.10. The summed E-state index contributed by atoms with van der Waals surface area (Å²) in [5.41, 5.74) is 7.75. The first-order valence-electron chi connectivity index (χ1n) is 6.34. The molecule has 102 valence electrons. The topological polar surface area (TPSA) is 35.2 Å². The average molecular weight is 314 g/mol. The standard InChI is InChI=1S/C15H24BrNO/c1-10(15(2,3)4)8-14(17)12-7-6-11(18-5)9-13(12)16/h6-7,9-10,14H,8,17H2,1-5H3. The number of methoxy groups -OCH3 is 1. The van der Waals surface area contributed by atoms with Crippen LogP contribution >= 0.6 is 15.9 Å². The molecule has 2 nitrogen and oxygen atoms in total. The Labute approximate surface area is 119 Å². The van der Waals surface area contributed by atoms with Crippen LogP contribution in [0.15, 0.2) is 22.7 Å². The van der Waals surface area contributed by atoms with Gasteiger partial charge in [0.05, 0.1) is 7.11 Å². The summed E-state index contributed by atoms with van der Waals surface area (Å²) in [6, 6.07) is 6.03. The summed E-state index contributed by atoms with van der Waals surface area (Å²) < 4.78 is 6.22. The molecule has 3 heteroatoms. The smallest absolute Gasteiger partial charge is 0.120 e. The molecule has 2 atom stereocenters. The van der Waals surface area contributed by atoms with E-state index in [0.717, 1.165) is 22.2 Å². The van der Waals surface area contributed by atoms with Gasteiger partial charge in [-0.15, -0.1) is 0 Å². The molecular weight excluding hydrogens is 290 g/mol. The zero-order valence-corrected chi connectivity index (χ0v) is 13.5. The van der Waals surface area contributed by atoms with E-state index in [1.807, 2.05) is 18.2 Å². The van der Waals surface area contributed by atoms with Crippen molar-refractivity contribution >= 4 is 15.9 Å². The van der Waals surface area contributed by atoms with Crippen LogP contribution in [0, 0.1) is 11.3 Å². The number of ether oxygens (including phenoxy) is 1. The van der Waals surface area contributed by atoms with Crippen LogP contribution in [0.1, 0.15) is 45.7 Å². The Balaban J connectivity index is 2.81. The van der Waals surface area contributed by atoms with Crippen molar-refractivity contribution in [2.24, 2.45) is 17.1 Å². The second kappa shape index (κ2) is 6.07. The van der Waals surface area contributed by atoms with Crippen molar-refractivity contribution in [3.05, 3.63) is 28.2 Å². The molecule has 18 heavy (non-hydrogen) atoms. The predicted octanol–water partition coefficient (Wildman–Crippen LogP) is 4.53. The van der Waals surface area contributed by atoms with Crippen molar-refractivity contribution in [2.75, 3.05) is 7.11 Å². The van der Waals surface area contributed by atoms with Gasteiger partial charge in [0, 0.05) is 10.5 Å². The zero-order valence-electron chi connectivity index (χ0n) is 12.0. The van der Waals surface area contributed by atoms with Gasteiger partial charge in [-0.05, 0) is 35.4 Å². The summed E-state index contributed by atoms with van der Waals surface area (Å²) in [5.74, 6) is 1.42. The summed E-state index contributed by atoms with van der Waals surface area (Å²) in [6.07, 6.45) is 0.981. The molecule has 0 aromatic heterocycles.